The summed E-state index contributed by atoms with van der Waals surface area (Å²) in [6.45, 7) is 0.897. The van der Waals surface area contributed by atoms with Crippen molar-refractivity contribution in [2.75, 3.05) is 7.11 Å². The van der Waals surface area contributed by atoms with Gasteiger partial charge in [-0.25, -0.2) is 4.68 Å². The highest BCUT2D eigenvalue weighted by molar-refractivity contribution is 6.30. The quantitative estimate of drug-likeness (QED) is 0.504. The van der Waals surface area contributed by atoms with Crippen LogP contribution in [-0.2, 0) is 17.9 Å². The average molecular weight is 410 g/mol. The summed E-state index contributed by atoms with van der Waals surface area (Å²) in [5, 5.41) is 13.2. The van der Waals surface area contributed by atoms with Gasteiger partial charge >= 0.3 is 0 Å². The Morgan fingerprint density at radius 2 is 2.03 bits per heavy atom. The molecule has 0 aliphatic carbocycles. The average Bonchev–Trinajstić information content (AvgIpc) is 3.40. The summed E-state index contributed by atoms with van der Waals surface area (Å²) >= 11 is 6.04. The molecule has 29 heavy (non-hydrogen) atoms. The van der Waals surface area contributed by atoms with Gasteiger partial charge in [-0.2, -0.15) is 4.98 Å². The molecule has 0 radical (unpaired) electrons. The van der Waals surface area contributed by atoms with Crippen LogP contribution in [0.4, 0.5) is 0 Å². The summed E-state index contributed by atoms with van der Waals surface area (Å²) in [7, 11) is 1.64. The molecule has 0 saturated carbocycles. The Bertz CT molecular complexity index is 1160. The van der Waals surface area contributed by atoms with E-state index in [-0.39, 0.29) is 6.10 Å². The van der Waals surface area contributed by atoms with E-state index in [1.165, 1.54) is 0 Å². The van der Waals surface area contributed by atoms with Gasteiger partial charge in [0.15, 0.2) is 5.69 Å². The lowest BCUT2D eigenvalue weighted by atomic mass is 10.1. The first-order valence-electron chi connectivity index (χ1n) is 8.99. The third-order valence-corrected chi connectivity index (χ3v) is 5.03. The highest BCUT2D eigenvalue weighted by atomic mass is 35.5. The maximum absolute atomic E-state index is 6.05. The molecule has 0 spiro atoms. The summed E-state index contributed by atoms with van der Waals surface area (Å²) in [5.41, 5.74) is 3.16. The van der Waals surface area contributed by atoms with Crippen LogP contribution >= 0.6 is 11.6 Å². The predicted octanol–water partition coefficient (Wildman–Crippen LogP) is 3.93. The van der Waals surface area contributed by atoms with E-state index in [0.717, 1.165) is 22.6 Å². The van der Waals surface area contributed by atoms with E-state index in [2.05, 4.69) is 20.5 Å². The molecule has 8 nitrogen and oxygen atoms in total. The van der Waals surface area contributed by atoms with Crippen LogP contribution in [0.15, 0.2) is 53.1 Å². The minimum absolute atomic E-state index is 0.116. The van der Waals surface area contributed by atoms with Crippen LogP contribution in [-0.4, -0.2) is 32.2 Å². The molecule has 3 heterocycles. The highest BCUT2D eigenvalue weighted by Gasteiger charge is 2.27. The van der Waals surface area contributed by atoms with Crippen LogP contribution in [0.25, 0.3) is 23.0 Å². The second-order valence-corrected chi connectivity index (χ2v) is 7.01. The fourth-order valence-electron chi connectivity index (χ4n) is 3.26. The highest BCUT2D eigenvalue weighted by Crippen LogP contribution is 2.31. The maximum Gasteiger partial charge on any atom is 0.258 e. The third-order valence-electron chi connectivity index (χ3n) is 4.79. The Hall–Kier alpha value is -3.23. The molecule has 5 rings (SSSR count). The zero-order valence-electron chi connectivity index (χ0n) is 15.4. The van der Waals surface area contributed by atoms with Crippen molar-refractivity contribution in [1.82, 2.24) is 25.1 Å². The van der Waals surface area contributed by atoms with Crippen molar-refractivity contribution in [1.29, 1.82) is 0 Å². The van der Waals surface area contributed by atoms with Crippen molar-refractivity contribution in [2.24, 2.45) is 0 Å². The van der Waals surface area contributed by atoms with Crippen LogP contribution < -0.4 is 4.74 Å². The van der Waals surface area contributed by atoms with Gasteiger partial charge in [0.05, 0.1) is 26.0 Å². The number of benzene rings is 2. The fraction of sp³-hybridized carbons (Fsp3) is 0.200. The number of ether oxygens (including phenoxy) is 2. The number of hydrogen-bond donors (Lipinski definition) is 0. The van der Waals surface area contributed by atoms with E-state index in [4.69, 9.17) is 25.6 Å². The minimum atomic E-state index is -0.116. The van der Waals surface area contributed by atoms with Crippen molar-refractivity contribution >= 4 is 11.6 Å². The number of methoxy groups -OCH3 is 1. The SMILES string of the molecule is COc1ccc(C2Cn3nnc(-c4noc(-c5cccc(Cl)c5)n4)c3CO2)cc1. The Morgan fingerprint density at radius 3 is 2.83 bits per heavy atom. The van der Waals surface area contributed by atoms with E-state index in [1.807, 2.05) is 41.1 Å². The molecule has 1 atom stereocenters. The molecule has 1 aliphatic heterocycles. The topological polar surface area (TPSA) is 88.1 Å². The van der Waals surface area contributed by atoms with Crippen molar-refractivity contribution < 1.29 is 14.0 Å². The molecule has 0 fully saturated rings. The van der Waals surface area contributed by atoms with Gasteiger partial charge < -0.3 is 14.0 Å². The number of fused-ring (bicyclic) bond motifs is 1. The Kier molecular flexibility index (Phi) is 4.49. The summed E-state index contributed by atoms with van der Waals surface area (Å²) in [6.07, 6.45) is -0.116. The van der Waals surface area contributed by atoms with E-state index < -0.39 is 0 Å². The summed E-state index contributed by atoms with van der Waals surface area (Å²) in [4.78, 5) is 4.45. The molecule has 9 heteroatoms. The van der Waals surface area contributed by atoms with Crippen molar-refractivity contribution in [3.05, 3.63) is 64.8 Å². The number of aromatic nitrogens is 5. The monoisotopic (exact) mass is 409 g/mol. The van der Waals surface area contributed by atoms with E-state index >= 15 is 0 Å². The van der Waals surface area contributed by atoms with Crippen LogP contribution in [0.1, 0.15) is 17.4 Å². The minimum Gasteiger partial charge on any atom is -0.497 e. The lowest BCUT2D eigenvalue weighted by Crippen LogP contribution is -2.22. The van der Waals surface area contributed by atoms with Crippen LogP contribution in [0.5, 0.6) is 5.75 Å². The standard InChI is InChI=1S/C20H16ClN5O3/c1-27-15-7-5-12(6-8-15)17-10-26-16(11-28-17)18(23-25-26)19-22-20(29-24-19)13-3-2-4-14(21)9-13/h2-9,17H,10-11H2,1H3. The summed E-state index contributed by atoms with van der Waals surface area (Å²) in [6, 6.07) is 15.0. The number of rotatable bonds is 4. The zero-order chi connectivity index (χ0) is 19.8. The maximum atomic E-state index is 6.05. The van der Waals surface area contributed by atoms with Gasteiger partial charge in [0, 0.05) is 10.6 Å². The normalized spacial score (nSPS) is 15.9. The number of nitrogens with zero attached hydrogens (tertiary/aromatic N) is 5. The molecular weight excluding hydrogens is 394 g/mol. The van der Waals surface area contributed by atoms with Crippen molar-refractivity contribution in [2.45, 2.75) is 19.3 Å². The lowest BCUT2D eigenvalue weighted by molar-refractivity contribution is -0.00114. The van der Waals surface area contributed by atoms with Crippen molar-refractivity contribution in [3.63, 3.8) is 0 Å². The first-order valence-corrected chi connectivity index (χ1v) is 9.37. The van der Waals surface area contributed by atoms with Gasteiger partial charge in [-0.1, -0.05) is 40.2 Å². The fourth-order valence-corrected chi connectivity index (χ4v) is 3.45. The molecule has 4 aromatic rings. The third kappa shape index (κ3) is 3.37. The lowest BCUT2D eigenvalue weighted by Gasteiger charge is -2.24. The molecule has 2 aromatic carbocycles. The molecular formula is C20H16ClN5O3. The van der Waals surface area contributed by atoms with Gasteiger partial charge in [-0.3, -0.25) is 0 Å². The Labute approximate surface area is 171 Å². The summed E-state index contributed by atoms with van der Waals surface area (Å²) in [5.74, 6) is 1.55. The second-order valence-electron chi connectivity index (χ2n) is 6.57. The number of halogens is 1. The van der Waals surface area contributed by atoms with Gasteiger partial charge in [0.2, 0.25) is 5.82 Å². The molecule has 0 N–H and O–H groups in total. The van der Waals surface area contributed by atoms with E-state index in [0.29, 0.717) is 35.6 Å². The van der Waals surface area contributed by atoms with Gasteiger partial charge in [-0.05, 0) is 35.9 Å². The van der Waals surface area contributed by atoms with Gasteiger partial charge in [0.1, 0.15) is 11.9 Å². The molecule has 2 aromatic heterocycles. The van der Waals surface area contributed by atoms with Crippen LogP contribution in [0.2, 0.25) is 5.02 Å². The first kappa shape index (κ1) is 17.8. The van der Waals surface area contributed by atoms with Crippen LogP contribution in [0.3, 0.4) is 0 Å². The molecule has 1 aliphatic rings. The zero-order valence-corrected chi connectivity index (χ0v) is 16.2. The predicted molar refractivity (Wildman–Crippen MR) is 104 cm³/mol. The van der Waals surface area contributed by atoms with Gasteiger partial charge in [-0.15, -0.1) is 5.10 Å². The van der Waals surface area contributed by atoms with Crippen LogP contribution in [0, 0.1) is 0 Å². The smallest absolute Gasteiger partial charge is 0.258 e. The number of hydrogen-bond acceptors (Lipinski definition) is 7. The molecule has 0 saturated heterocycles. The molecule has 1 unspecified atom stereocenters. The second kappa shape index (κ2) is 7.31. The first-order chi connectivity index (χ1) is 14.2. The van der Waals surface area contributed by atoms with E-state index in [1.54, 1.807) is 19.2 Å². The molecule has 0 bridgehead atoms. The molecule has 0 amide bonds. The largest absolute Gasteiger partial charge is 0.497 e. The van der Waals surface area contributed by atoms with Gasteiger partial charge in [0.25, 0.3) is 5.89 Å². The summed E-state index contributed by atoms with van der Waals surface area (Å²) < 4.78 is 18.5. The Balaban J connectivity index is 1.39. The van der Waals surface area contributed by atoms with Crippen molar-refractivity contribution in [3.8, 4) is 28.7 Å². The Morgan fingerprint density at radius 1 is 1.17 bits per heavy atom. The van der Waals surface area contributed by atoms with E-state index in [9.17, 15) is 0 Å². The molecule has 146 valence electrons.